The smallest absolute Gasteiger partial charge is 0.164 e. The van der Waals surface area contributed by atoms with Crippen LogP contribution in [0.15, 0.2) is 12.3 Å². The van der Waals surface area contributed by atoms with E-state index in [2.05, 4.69) is 10.4 Å². The number of anilines is 1. The molecule has 76 valence electrons. The standard InChI is InChI=1S/C9H11ClFN3/c10-9-8(11)5-7(6-12-9)13-14-3-1-2-4-14/h5-6,13H,1-4H2. The Bertz CT molecular complexity index is 326. The Morgan fingerprint density at radius 3 is 2.79 bits per heavy atom. The molecule has 0 atom stereocenters. The second kappa shape index (κ2) is 4.11. The van der Waals surface area contributed by atoms with Crippen molar-refractivity contribution in [2.24, 2.45) is 0 Å². The molecule has 5 heteroatoms. The van der Waals surface area contributed by atoms with Crippen LogP contribution in [0.5, 0.6) is 0 Å². The van der Waals surface area contributed by atoms with E-state index in [4.69, 9.17) is 11.6 Å². The van der Waals surface area contributed by atoms with Crippen molar-refractivity contribution in [3.63, 3.8) is 0 Å². The van der Waals surface area contributed by atoms with Gasteiger partial charge in [0.2, 0.25) is 0 Å². The molecule has 0 radical (unpaired) electrons. The summed E-state index contributed by atoms with van der Waals surface area (Å²) in [6, 6.07) is 1.35. The number of hydrazine groups is 1. The van der Waals surface area contributed by atoms with Crippen LogP contribution in [-0.4, -0.2) is 23.1 Å². The van der Waals surface area contributed by atoms with Crippen molar-refractivity contribution < 1.29 is 4.39 Å². The van der Waals surface area contributed by atoms with E-state index in [0.717, 1.165) is 13.1 Å². The molecule has 2 heterocycles. The first-order chi connectivity index (χ1) is 6.75. The fourth-order valence-electron chi connectivity index (χ4n) is 1.49. The number of halogens is 2. The number of nitrogens with one attached hydrogen (secondary N) is 1. The van der Waals surface area contributed by atoms with Gasteiger partial charge in [-0.15, -0.1) is 0 Å². The predicted octanol–water partition coefficient (Wildman–Crippen LogP) is 2.30. The van der Waals surface area contributed by atoms with Crippen LogP contribution in [0, 0.1) is 5.82 Å². The summed E-state index contributed by atoms with van der Waals surface area (Å²) >= 11 is 5.47. The molecular formula is C9H11ClFN3. The van der Waals surface area contributed by atoms with Gasteiger partial charge in [0.1, 0.15) is 0 Å². The van der Waals surface area contributed by atoms with Crippen molar-refractivity contribution in [2.75, 3.05) is 18.5 Å². The minimum Gasteiger partial charge on any atom is -0.317 e. The van der Waals surface area contributed by atoms with Gasteiger partial charge < -0.3 is 5.43 Å². The molecule has 0 amide bonds. The van der Waals surface area contributed by atoms with Crippen LogP contribution in [-0.2, 0) is 0 Å². The highest BCUT2D eigenvalue weighted by atomic mass is 35.5. The highest BCUT2D eigenvalue weighted by molar-refractivity contribution is 6.29. The van der Waals surface area contributed by atoms with Gasteiger partial charge >= 0.3 is 0 Å². The molecule has 2 rings (SSSR count). The first-order valence-corrected chi connectivity index (χ1v) is 4.96. The van der Waals surface area contributed by atoms with Gasteiger partial charge in [-0.05, 0) is 12.8 Å². The third-order valence-electron chi connectivity index (χ3n) is 2.19. The molecule has 3 nitrogen and oxygen atoms in total. The number of pyridine rings is 1. The molecule has 1 saturated heterocycles. The van der Waals surface area contributed by atoms with E-state index in [0.29, 0.717) is 5.69 Å². The molecule has 1 N–H and O–H groups in total. The second-order valence-corrected chi connectivity index (χ2v) is 3.66. The molecule has 0 unspecified atom stereocenters. The lowest BCUT2D eigenvalue weighted by Gasteiger charge is -2.17. The minimum absolute atomic E-state index is 0.0861. The van der Waals surface area contributed by atoms with Gasteiger partial charge in [0, 0.05) is 19.2 Å². The molecule has 0 spiro atoms. The third kappa shape index (κ3) is 2.13. The molecular weight excluding hydrogens is 205 g/mol. The number of aromatic nitrogens is 1. The lowest BCUT2D eigenvalue weighted by atomic mass is 10.4. The van der Waals surface area contributed by atoms with Crippen LogP contribution in [0.2, 0.25) is 5.15 Å². The summed E-state index contributed by atoms with van der Waals surface area (Å²) < 4.78 is 13.0. The molecule has 1 aliphatic rings. The molecule has 0 aromatic carbocycles. The SMILES string of the molecule is Fc1cc(NN2CCCC2)cnc1Cl. The summed E-state index contributed by atoms with van der Waals surface area (Å²) in [4.78, 5) is 3.72. The van der Waals surface area contributed by atoms with E-state index in [1.54, 1.807) is 0 Å². The van der Waals surface area contributed by atoms with Crippen LogP contribution >= 0.6 is 11.6 Å². The zero-order valence-electron chi connectivity index (χ0n) is 7.63. The molecule has 0 aliphatic carbocycles. The number of hydrogen-bond acceptors (Lipinski definition) is 3. The van der Waals surface area contributed by atoms with Crippen LogP contribution in [0.1, 0.15) is 12.8 Å². The van der Waals surface area contributed by atoms with E-state index in [1.807, 2.05) is 5.01 Å². The second-order valence-electron chi connectivity index (χ2n) is 3.30. The fourth-order valence-corrected chi connectivity index (χ4v) is 1.60. The predicted molar refractivity (Wildman–Crippen MR) is 53.6 cm³/mol. The highest BCUT2D eigenvalue weighted by Crippen LogP contribution is 2.17. The molecule has 0 saturated carbocycles. The van der Waals surface area contributed by atoms with E-state index in [1.165, 1.54) is 25.1 Å². The van der Waals surface area contributed by atoms with E-state index in [-0.39, 0.29) is 5.15 Å². The average Bonchev–Trinajstić information content (AvgIpc) is 2.64. The Kier molecular flexibility index (Phi) is 2.84. The number of nitrogens with zero attached hydrogens (tertiary/aromatic N) is 2. The van der Waals surface area contributed by atoms with Crippen LogP contribution < -0.4 is 5.43 Å². The van der Waals surface area contributed by atoms with Gasteiger partial charge in [-0.2, -0.15) is 0 Å². The summed E-state index contributed by atoms with van der Waals surface area (Å²) in [6.45, 7) is 1.98. The van der Waals surface area contributed by atoms with Gasteiger partial charge in [-0.3, -0.25) is 0 Å². The largest absolute Gasteiger partial charge is 0.317 e. The summed E-state index contributed by atoms with van der Waals surface area (Å²) in [5, 5.41) is 1.96. The van der Waals surface area contributed by atoms with Gasteiger partial charge in [0.15, 0.2) is 11.0 Å². The van der Waals surface area contributed by atoms with Crippen molar-refractivity contribution in [3.8, 4) is 0 Å². The molecule has 1 aromatic heterocycles. The van der Waals surface area contributed by atoms with Gasteiger partial charge in [-0.1, -0.05) is 11.6 Å². The zero-order valence-corrected chi connectivity index (χ0v) is 8.39. The Morgan fingerprint density at radius 2 is 2.14 bits per heavy atom. The summed E-state index contributed by atoms with van der Waals surface area (Å²) in [7, 11) is 0. The lowest BCUT2D eigenvalue weighted by molar-refractivity contribution is 0.409. The maximum Gasteiger partial charge on any atom is 0.164 e. The Labute approximate surface area is 86.9 Å². The third-order valence-corrected chi connectivity index (χ3v) is 2.47. The van der Waals surface area contributed by atoms with E-state index >= 15 is 0 Å². The van der Waals surface area contributed by atoms with Crippen molar-refractivity contribution in [3.05, 3.63) is 23.2 Å². The summed E-state index contributed by atoms with van der Waals surface area (Å²) in [5.74, 6) is -0.490. The quantitative estimate of drug-likeness (QED) is 0.768. The zero-order chi connectivity index (χ0) is 9.97. The monoisotopic (exact) mass is 215 g/mol. The van der Waals surface area contributed by atoms with Crippen molar-refractivity contribution >= 4 is 17.3 Å². The first kappa shape index (κ1) is 9.68. The first-order valence-electron chi connectivity index (χ1n) is 4.58. The highest BCUT2D eigenvalue weighted by Gasteiger charge is 2.11. The maximum absolute atomic E-state index is 13.0. The number of rotatable bonds is 2. The van der Waals surface area contributed by atoms with Crippen LogP contribution in [0.3, 0.4) is 0 Å². The lowest BCUT2D eigenvalue weighted by Crippen LogP contribution is -2.26. The fraction of sp³-hybridized carbons (Fsp3) is 0.444. The van der Waals surface area contributed by atoms with E-state index in [9.17, 15) is 4.39 Å². The Balaban J connectivity index is 2.05. The average molecular weight is 216 g/mol. The van der Waals surface area contributed by atoms with Crippen molar-refractivity contribution in [2.45, 2.75) is 12.8 Å². The minimum atomic E-state index is -0.490. The summed E-state index contributed by atoms with van der Waals surface area (Å²) in [5.41, 5.74) is 3.73. The molecule has 14 heavy (non-hydrogen) atoms. The van der Waals surface area contributed by atoms with Crippen molar-refractivity contribution in [1.82, 2.24) is 9.99 Å². The van der Waals surface area contributed by atoms with Gasteiger partial charge in [0.05, 0.1) is 11.9 Å². The van der Waals surface area contributed by atoms with Crippen molar-refractivity contribution in [1.29, 1.82) is 0 Å². The topological polar surface area (TPSA) is 28.2 Å². The summed E-state index contributed by atoms with van der Waals surface area (Å²) in [6.07, 6.45) is 3.89. The van der Waals surface area contributed by atoms with Crippen LogP contribution in [0.25, 0.3) is 0 Å². The van der Waals surface area contributed by atoms with Gasteiger partial charge in [0.25, 0.3) is 0 Å². The Morgan fingerprint density at radius 1 is 1.43 bits per heavy atom. The Hall–Kier alpha value is -0.870. The normalized spacial score (nSPS) is 17.3. The van der Waals surface area contributed by atoms with E-state index < -0.39 is 5.82 Å². The molecule has 1 aromatic rings. The maximum atomic E-state index is 13.0. The molecule has 1 fully saturated rings. The molecule has 0 bridgehead atoms. The molecule has 1 aliphatic heterocycles. The van der Waals surface area contributed by atoms with Gasteiger partial charge in [-0.25, -0.2) is 14.4 Å². The van der Waals surface area contributed by atoms with Crippen LogP contribution in [0.4, 0.5) is 10.1 Å². The number of hydrogen-bond donors (Lipinski definition) is 1.